The number of carboxylic acid groups (broad SMARTS) is 1. The molecular formula is C13H17NO5. The topological polar surface area (TPSA) is 77.0 Å². The van der Waals surface area contributed by atoms with Crippen molar-refractivity contribution in [3.8, 4) is 17.2 Å². The van der Waals surface area contributed by atoms with Crippen molar-refractivity contribution in [2.24, 2.45) is 0 Å². The molecule has 0 amide bonds. The van der Waals surface area contributed by atoms with Crippen molar-refractivity contribution in [3.63, 3.8) is 0 Å². The van der Waals surface area contributed by atoms with Gasteiger partial charge in [-0.05, 0) is 0 Å². The molecule has 104 valence electrons. The van der Waals surface area contributed by atoms with Crippen molar-refractivity contribution in [1.29, 1.82) is 0 Å². The molecule has 0 atom stereocenters. The van der Waals surface area contributed by atoms with E-state index in [0.717, 1.165) is 0 Å². The van der Waals surface area contributed by atoms with Crippen molar-refractivity contribution < 1.29 is 24.1 Å². The lowest BCUT2D eigenvalue weighted by Gasteiger charge is -2.15. The quantitative estimate of drug-likeness (QED) is 0.733. The van der Waals surface area contributed by atoms with Crippen LogP contribution in [0.5, 0.6) is 17.2 Å². The number of carbonyl (C=O) groups is 1. The molecule has 1 rings (SSSR count). The van der Waals surface area contributed by atoms with Gasteiger partial charge < -0.3 is 24.6 Å². The van der Waals surface area contributed by atoms with E-state index in [1.165, 1.54) is 21.3 Å². The first-order valence-corrected chi connectivity index (χ1v) is 5.48. The Hall–Kier alpha value is -2.37. The summed E-state index contributed by atoms with van der Waals surface area (Å²) in [4.78, 5) is 10.7. The van der Waals surface area contributed by atoms with E-state index in [2.05, 4.69) is 11.9 Å². The Labute approximate surface area is 111 Å². The van der Waals surface area contributed by atoms with Gasteiger partial charge in [0.05, 0.1) is 21.3 Å². The van der Waals surface area contributed by atoms with Crippen LogP contribution in [0.1, 0.15) is 0 Å². The van der Waals surface area contributed by atoms with Gasteiger partial charge in [-0.3, -0.25) is 0 Å². The van der Waals surface area contributed by atoms with Crippen LogP contribution in [0.4, 0.5) is 5.69 Å². The summed E-state index contributed by atoms with van der Waals surface area (Å²) >= 11 is 0. The van der Waals surface area contributed by atoms with Gasteiger partial charge in [0.25, 0.3) is 0 Å². The second kappa shape index (κ2) is 6.53. The molecule has 0 aliphatic heterocycles. The SMILES string of the molecule is C=C(CNc1cc(OC)c(OC)c(OC)c1)C(=O)O. The molecule has 0 heterocycles. The first-order chi connectivity index (χ1) is 9.03. The van der Waals surface area contributed by atoms with E-state index in [1.54, 1.807) is 12.1 Å². The van der Waals surface area contributed by atoms with Gasteiger partial charge in [-0.15, -0.1) is 0 Å². The molecule has 0 radical (unpaired) electrons. The van der Waals surface area contributed by atoms with E-state index in [0.29, 0.717) is 22.9 Å². The third kappa shape index (κ3) is 3.54. The smallest absolute Gasteiger partial charge is 0.332 e. The van der Waals surface area contributed by atoms with Crippen LogP contribution in [0.3, 0.4) is 0 Å². The number of benzene rings is 1. The van der Waals surface area contributed by atoms with E-state index in [-0.39, 0.29) is 12.1 Å². The van der Waals surface area contributed by atoms with Crippen LogP contribution >= 0.6 is 0 Å². The van der Waals surface area contributed by atoms with Crippen LogP contribution in [0.15, 0.2) is 24.3 Å². The Morgan fingerprint density at radius 3 is 2.11 bits per heavy atom. The molecule has 0 bridgehead atoms. The van der Waals surface area contributed by atoms with Crippen LogP contribution < -0.4 is 19.5 Å². The molecule has 0 aliphatic rings. The summed E-state index contributed by atoms with van der Waals surface area (Å²) in [6.07, 6.45) is 0. The highest BCUT2D eigenvalue weighted by atomic mass is 16.5. The number of nitrogens with one attached hydrogen (secondary N) is 1. The lowest BCUT2D eigenvalue weighted by Crippen LogP contribution is -2.11. The average molecular weight is 267 g/mol. The van der Waals surface area contributed by atoms with Gasteiger partial charge in [-0.1, -0.05) is 6.58 Å². The molecule has 19 heavy (non-hydrogen) atoms. The molecule has 6 heteroatoms. The predicted molar refractivity (Wildman–Crippen MR) is 71.4 cm³/mol. The summed E-state index contributed by atoms with van der Waals surface area (Å²) in [5, 5.41) is 11.7. The molecule has 0 fully saturated rings. The Kier molecular flexibility index (Phi) is 5.05. The van der Waals surface area contributed by atoms with Gasteiger partial charge >= 0.3 is 5.97 Å². The Morgan fingerprint density at radius 1 is 1.21 bits per heavy atom. The zero-order valence-corrected chi connectivity index (χ0v) is 11.1. The minimum absolute atomic E-state index is 0.0637. The van der Waals surface area contributed by atoms with Crippen molar-refractivity contribution in [3.05, 3.63) is 24.3 Å². The van der Waals surface area contributed by atoms with E-state index in [4.69, 9.17) is 19.3 Å². The first kappa shape index (κ1) is 14.7. The summed E-state index contributed by atoms with van der Waals surface area (Å²) in [5.74, 6) is 0.420. The summed E-state index contributed by atoms with van der Waals surface area (Å²) in [5.41, 5.74) is 0.714. The van der Waals surface area contributed by atoms with E-state index >= 15 is 0 Å². The predicted octanol–water partition coefficient (Wildman–Crippen LogP) is 1.77. The number of hydrogen-bond acceptors (Lipinski definition) is 5. The lowest BCUT2D eigenvalue weighted by molar-refractivity contribution is -0.132. The van der Waals surface area contributed by atoms with Gasteiger partial charge in [0.1, 0.15) is 0 Å². The molecule has 0 unspecified atom stereocenters. The van der Waals surface area contributed by atoms with Crippen molar-refractivity contribution >= 4 is 11.7 Å². The van der Waals surface area contributed by atoms with Gasteiger partial charge in [0.2, 0.25) is 5.75 Å². The third-order valence-electron chi connectivity index (χ3n) is 2.47. The normalized spacial score (nSPS) is 9.63. The number of ether oxygens (including phenoxy) is 3. The fourth-order valence-corrected chi connectivity index (χ4v) is 1.47. The first-order valence-electron chi connectivity index (χ1n) is 5.48. The number of rotatable bonds is 7. The number of aliphatic carboxylic acids is 1. The van der Waals surface area contributed by atoms with E-state index in [9.17, 15) is 4.79 Å². The highest BCUT2D eigenvalue weighted by Gasteiger charge is 2.13. The minimum Gasteiger partial charge on any atom is -0.493 e. The van der Waals surface area contributed by atoms with Gasteiger partial charge in [-0.25, -0.2) is 4.79 Å². The second-order valence-electron chi connectivity index (χ2n) is 3.68. The van der Waals surface area contributed by atoms with Crippen LogP contribution in [-0.2, 0) is 4.79 Å². The lowest BCUT2D eigenvalue weighted by atomic mass is 10.2. The van der Waals surface area contributed by atoms with E-state index < -0.39 is 5.97 Å². The van der Waals surface area contributed by atoms with Crippen molar-refractivity contribution in [2.45, 2.75) is 0 Å². The molecule has 0 aliphatic carbocycles. The monoisotopic (exact) mass is 267 g/mol. The third-order valence-corrected chi connectivity index (χ3v) is 2.47. The Balaban J connectivity index is 2.96. The van der Waals surface area contributed by atoms with Crippen LogP contribution in [0.2, 0.25) is 0 Å². The van der Waals surface area contributed by atoms with Gasteiger partial charge in [0.15, 0.2) is 11.5 Å². The highest BCUT2D eigenvalue weighted by Crippen LogP contribution is 2.39. The van der Waals surface area contributed by atoms with E-state index in [1.807, 2.05) is 0 Å². The fraction of sp³-hybridized carbons (Fsp3) is 0.308. The average Bonchev–Trinajstić information content (AvgIpc) is 2.42. The number of hydrogen-bond donors (Lipinski definition) is 2. The highest BCUT2D eigenvalue weighted by molar-refractivity contribution is 5.86. The number of anilines is 1. The molecule has 2 N–H and O–H groups in total. The largest absolute Gasteiger partial charge is 0.493 e. The van der Waals surface area contributed by atoms with Gasteiger partial charge in [0, 0.05) is 29.9 Å². The summed E-state index contributed by atoms with van der Waals surface area (Å²) < 4.78 is 15.6. The molecule has 1 aromatic carbocycles. The van der Waals surface area contributed by atoms with Crippen molar-refractivity contribution in [2.75, 3.05) is 33.2 Å². The Bertz CT molecular complexity index is 459. The van der Waals surface area contributed by atoms with Crippen LogP contribution in [0, 0.1) is 0 Å². The maximum atomic E-state index is 10.7. The molecule has 6 nitrogen and oxygen atoms in total. The number of carboxylic acids is 1. The molecule has 0 spiro atoms. The fourth-order valence-electron chi connectivity index (χ4n) is 1.47. The molecule has 0 aromatic heterocycles. The standard InChI is InChI=1S/C13H17NO5/c1-8(13(15)16)7-14-9-5-10(17-2)12(19-4)11(6-9)18-3/h5-6,14H,1,7H2,2-4H3,(H,15,16). The molecular weight excluding hydrogens is 250 g/mol. The second-order valence-corrected chi connectivity index (χ2v) is 3.68. The zero-order valence-electron chi connectivity index (χ0n) is 11.1. The van der Waals surface area contributed by atoms with Gasteiger partial charge in [-0.2, -0.15) is 0 Å². The van der Waals surface area contributed by atoms with Crippen LogP contribution in [0.25, 0.3) is 0 Å². The van der Waals surface area contributed by atoms with Crippen molar-refractivity contribution in [1.82, 2.24) is 0 Å². The summed E-state index contributed by atoms with van der Waals surface area (Å²) in [7, 11) is 4.54. The summed E-state index contributed by atoms with van der Waals surface area (Å²) in [6, 6.07) is 3.38. The summed E-state index contributed by atoms with van der Waals surface area (Å²) in [6.45, 7) is 3.56. The van der Waals surface area contributed by atoms with Crippen LogP contribution in [-0.4, -0.2) is 38.9 Å². The maximum absolute atomic E-state index is 10.7. The maximum Gasteiger partial charge on any atom is 0.332 e. The molecule has 1 aromatic rings. The zero-order chi connectivity index (χ0) is 14.4. The Morgan fingerprint density at radius 2 is 1.74 bits per heavy atom. The minimum atomic E-state index is -1.04. The molecule has 0 saturated heterocycles. The number of methoxy groups -OCH3 is 3. The molecule has 0 saturated carbocycles.